The van der Waals surface area contributed by atoms with Crippen molar-refractivity contribution in [1.82, 2.24) is 24.3 Å². The van der Waals surface area contributed by atoms with Gasteiger partial charge in [0.15, 0.2) is 17.5 Å². The first-order chi connectivity index (χ1) is 25.2. The van der Waals surface area contributed by atoms with Crippen molar-refractivity contribution in [2.45, 2.75) is 13.8 Å². The molecule has 5 aromatic carbocycles. The van der Waals surface area contributed by atoms with Crippen LogP contribution in [0.5, 0.6) is 0 Å². The Labute approximate surface area is 298 Å². The fourth-order valence-corrected chi connectivity index (χ4v) is 6.47. The van der Waals surface area contributed by atoms with Crippen molar-refractivity contribution in [1.29, 1.82) is 0 Å². The molecule has 8 rings (SSSR count). The maximum atomic E-state index is 5.14. The molecule has 5 heteroatoms. The van der Waals surface area contributed by atoms with E-state index in [-0.39, 0.29) is 0 Å². The number of nitrogens with zero attached hydrogens (tertiary/aromatic N) is 5. The van der Waals surface area contributed by atoms with Gasteiger partial charge < -0.3 is 0 Å². The molecule has 0 saturated heterocycles. The largest absolute Gasteiger partial charge is 0.299 e. The molecule has 0 bridgehead atoms. The van der Waals surface area contributed by atoms with E-state index in [1.165, 1.54) is 0 Å². The molecule has 0 amide bonds. The highest BCUT2D eigenvalue weighted by Crippen LogP contribution is 2.37. The van der Waals surface area contributed by atoms with Gasteiger partial charge in [0.2, 0.25) is 0 Å². The van der Waals surface area contributed by atoms with E-state index in [0.717, 1.165) is 67.1 Å². The molecule has 0 saturated carbocycles. The average Bonchev–Trinajstić information content (AvgIpc) is 3.60. The van der Waals surface area contributed by atoms with Gasteiger partial charge in [0.1, 0.15) is 5.65 Å². The summed E-state index contributed by atoms with van der Waals surface area (Å²) in [5, 5.41) is 0. The Morgan fingerprint density at radius 2 is 1.02 bits per heavy atom. The number of benzene rings is 5. The van der Waals surface area contributed by atoms with Gasteiger partial charge >= 0.3 is 0 Å². The lowest BCUT2D eigenvalue weighted by molar-refractivity contribution is 1.04. The summed E-state index contributed by atoms with van der Waals surface area (Å²) in [6.07, 6.45) is 8.16. The predicted molar refractivity (Wildman–Crippen MR) is 210 cm³/mol. The minimum Gasteiger partial charge on any atom is -0.299 e. The Hall–Kier alpha value is -6.72. The van der Waals surface area contributed by atoms with Crippen molar-refractivity contribution in [3.8, 4) is 67.5 Å². The molecule has 244 valence electrons. The monoisotopic (exact) mass is 657 g/mol. The topological polar surface area (TPSA) is 56.0 Å². The lowest BCUT2D eigenvalue weighted by atomic mass is 9.94. The van der Waals surface area contributed by atoms with Crippen LogP contribution in [0.2, 0.25) is 0 Å². The smallest absolute Gasteiger partial charge is 0.164 e. The van der Waals surface area contributed by atoms with E-state index >= 15 is 0 Å². The van der Waals surface area contributed by atoms with Gasteiger partial charge in [0.05, 0.1) is 11.4 Å². The minimum atomic E-state index is 0.615. The molecule has 0 N–H and O–H groups in total. The van der Waals surface area contributed by atoms with Gasteiger partial charge in [0, 0.05) is 34.0 Å². The molecular weight excluding hydrogens is 623 g/mol. The van der Waals surface area contributed by atoms with Crippen LogP contribution >= 0.6 is 0 Å². The van der Waals surface area contributed by atoms with E-state index in [0.29, 0.717) is 17.5 Å². The second kappa shape index (κ2) is 14.0. The van der Waals surface area contributed by atoms with Gasteiger partial charge in [-0.25, -0.2) is 19.9 Å². The van der Waals surface area contributed by atoms with Crippen LogP contribution in [0.1, 0.15) is 19.7 Å². The maximum Gasteiger partial charge on any atom is 0.164 e. The molecule has 3 aromatic heterocycles. The number of aromatic nitrogens is 5. The Morgan fingerprint density at radius 3 is 1.71 bits per heavy atom. The molecule has 8 aromatic rings. The van der Waals surface area contributed by atoms with E-state index in [4.69, 9.17) is 19.9 Å². The normalized spacial score (nSPS) is 11.8. The van der Waals surface area contributed by atoms with E-state index < -0.39 is 0 Å². The third-order valence-corrected chi connectivity index (χ3v) is 8.93. The highest BCUT2D eigenvalue weighted by atomic mass is 15.0. The van der Waals surface area contributed by atoms with Crippen LogP contribution < -0.4 is 0 Å². The maximum absolute atomic E-state index is 5.14. The zero-order valence-corrected chi connectivity index (χ0v) is 28.5. The number of pyridine rings is 1. The second-order valence-corrected chi connectivity index (χ2v) is 12.3. The number of fused-ring (bicyclic) bond motifs is 1. The van der Waals surface area contributed by atoms with E-state index in [1.807, 2.05) is 86.7 Å². The van der Waals surface area contributed by atoms with Crippen LogP contribution in [0.3, 0.4) is 0 Å². The fraction of sp³-hybridized carbons (Fsp3) is 0.0435. The SMILES string of the molecule is C/C=C\C(=C/C)c1nc(-c2ccccc2)nc(-c2cc(-c3ccccc3)cc(-c3cccc(-c4nc5ccccn5c4-c4ccccc4)c3)c2)n1. The van der Waals surface area contributed by atoms with Crippen LogP contribution in [-0.2, 0) is 0 Å². The summed E-state index contributed by atoms with van der Waals surface area (Å²) >= 11 is 0. The van der Waals surface area contributed by atoms with Gasteiger partial charge in [0.25, 0.3) is 0 Å². The standard InChI is InChI=1S/C46H35N5/c1-3-17-32(4-2)44-48-45(35-22-12-7-13-23-35)50-46(49-44)40-30-38(33-18-8-5-9-19-33)29-39(31-40)36-24-16-25-37(28-36)42-43(34-20-10-6-11-21-34)51-27-15-14-26-41(51)47-42/h3-31H,1-2H3/b17-3-,32-4+. The summed E-state index contributed by atoms with van der Waals surface area (Å²) in [4.78, 5) is 20.2. The van der Waals surface area contributed by atoms with E-state index in [9.17, 15) is 0 Å². The van der Waals surface area contributed by atoms with Crippen LogP contribution in [-0.4, -0.2) is 24.3 Å². The van der Waals surface area contributed by atoms with Crippen molar-refractivity contribution in [3.05, 3.63) is 182 Å². The number of hydrogen-bond donors (Lipinski definition) is 0. The summed E-state index contributed by atoms with van der Waals surface area (Å²) < 4.78 is 2.17. The van der Waals surface area contributed by atoms with Crippen LogP contribution in [0, 0.1) is 0 Å². The molecule has 0 aliphatic rings. The Morgan fingerprint density at radius 1 is 0.471 bits per heavy atom. The van der Waals surface area contributed by atoms with Crippen molar-refractivity contribution in [2.75, 3.05) is 0 Å². The van der Waals surface area contributed by atoms with Crippen molar-refractivity contribution < 1.29 is 0 Å². The molecular formula is C46H35N5. The molecule has 5 nitrogen and oxygen atoms in total. The summed E-state index contributed by atoms with van der Waals surface area (Å²) in [5.41, 5.74) is 12.2. The summed E-state index contributed by atoms with van der Waals surface area (Å²) in [6, 6.07) is 52.4. The first-order valence-corrected chi connectivity index (χ1v) is 17.1. The third kappa shape index (κ3) is 6.41. The molecule has 3 heterocycles. The van der Waals surface area contributed by atoms with E-state index in [2.05, 4.69) is 108 Å². The zero-order valence-electron chi connectivity index (χ0n) is 28.5. The summed E-state index contributed by atoms with van der Waals surface area (Å²) in [6.45, 7) is 4.01. The number of rotatable bonds is 8. The molecule has 0 aliphatic carbocycles. The van der Waals surface area contributed by atoms with Gasteiger partial charge in [-0.15, -0.1) is 0 Å². The molecule has 0 fully saturated rings. The van der Waals surface area contributed by atoms with Crippen molar-refractivity contribution >= 4 is 11.2 Å². The fourth-order valence-electron chi connectivity index (χ4n) is 6.47. The molecule has 0 aliphatic heterocycles. The lowest BCUT2D eigenvalue weighted by Crippen LogP contribution is -2.02. The third-order valence-electron chi connectivity index (χ3n) is 8.93. The van der Waals surface area contributed by atoms with Crippen molar-refractivity contribution in [3.63, 3.8) is 0 Å². The van der Waals surface area contributed by atoms with E-state index in [1.54, 1.807) is 0 Å². The quantitative estimate of drug-likeness (QED) is 0.153. The molecule has 0 radical (unpaired) electrons. The first-order valence-electron chi connectivity index (χ1n) is 17.1. The zero-order chi connectivity index (χ0) is 34.6. The predicted octanol–water partition coefficient (Wildman–Crippen LogP) is 11.5. The average molecular weight is 658 g/mol. The molecule has 0 unspecified atom stereocenters. The molecule has 0 atom stereocenters. The van der Waals surface area contributed by atoms with Crippen LogP contribution in [0.25, 0.3) is 78.8 Å². The highest BCUT2D eigenvalue weighted by molar-refractivity contribution is 5.86. The van der Waals surface area contributed by atoms with Gasteiger partial charge in [-0.1, -0.05) is 133 Å². The lowest BCUT2D eigenvalue weighted by Gasteiger charge is -2.13. The Balaban J connectivity index is 1.32. The first kappa shape index (κ1) is 31.5. The Bertz CT molecular complexity index is 2530. The minimum absolute atomic E-state index is 0.615. The Kier molecular flexibility index (Phi) is 8.67. The second-order valence-electron chi connectivity index (χ2n) is 12.3. The van der Waals surface area contributed by atoms with Crippen LogP contribution in [0.4, 0.5) is 0 Å². The van der Waals surface area contributed by atoms with Gasteiger partial charge in [-0.2, -0.15) is 0 Å². The molecule has 0 spiro atoms. The molecule has 51 heavy (non-hydrogen) atoms. The summed E-state index contributed by atoms with van der Waals surface area (Å²) in [7, 11) is 0. The number of hydrogen-bond acceptors (Lipinski definition) is 4. The highest BCUT2D eigenvalue weighted by Gasteiger charge is 2.18. The van der Waals surface area contributed by atoms with Crippen LogP contribution in [0.15, 0.2) is 176 Å². The summed E-state index contributed by atoms with van der Waals surface area (Å²) in [5.74, 6) is 1.88. The number of imidazole rings is 1. The van der Waals surface area contributed by atoms with Crippen molar-refractivity contribution in [2.24, 2.45) is 0 Å². The van der Waals surface area contributed by atoms with Gasteiger partial charge in [-0.05, 0) is 72.5 Å². The van der Waals surface area contributed by atoms with Gasteiger partial charge in [-0.3, -0.25) is 4.40 Å². The number of allylic oxidation sites excluding steroid dienone is 4.